The van der Waals surface area contributed by atoms with E-state index in [2.05, 4.69) is 6.26 Å². The first-order valence-corrected chi connectivity index (χ1v) is 5.43. The van der Waals surface area contributed by atoms with E-state index in [1.807, 2.05) is 17.8 Å². The molecule has 1 aliphatic carbocycles. The summed E-state index contributed by atoms with van der Waals surface area (Å²) in [5, 5.41) is 0. The predicted octanol–water partition coefficient (Wildman–Crippen LogP) is 2.42. The number of carbonyl (C=O) groups excluding carboxylic acids is 1. The van der Waals surface area contributed by atoms with Crippen LogP contribution in [0.5, 0.6) is 0 Å². The van der Waals surface area contributed by atoms with E-state index in [4.69, 9.17) is 0 Å². The molecule has 0 aromatic heterocycles. The molecule has 2 heteroatoms. The van der Waals surface area contributed by atoms with Crippen molar-refractivity contribution in [3.63, 3.8) is 0 Å². The van der Waals surface area contributed by atoms with E-state index in [1.165, 1.54) is 5.57 Å². The molecule has 0 N–H and O–H groups in total. The van der Waals surface area contributed by atoms with Crippen molar-refractivity contribution in [2.45, 2.75) is 25.7 Å². The normalized spacial score (nSPS) is 18.3. The minimum atomic E-state index is 0.326. The summed E-state index contributed by atoms with van der Waals surface area (Å²) >= 11 is 1.84. The molecule has 0 bridgehead atoms. The minimum Gasteiger partial charge on any atom is -0.295 e. The van der Waals surface area contributed by atoms with Crippen molar-refractivity contribution in [3.8, 4) is 0 Å². The molecule has 0 radical (unpaired) electrons. The summed E-state index contributed by atoms with van der Waals surface area (Å²) in [6.45, 7) is 0. The third-order valence-corrected chi connectivity index (χ3v) is 2.53. The topological polar surface area (TPSA) is 17.1 Å². The van der Waals surface area contributed by atoms with Gasteiger partial charge in [0.1, 0.15) is 0 Å². The number of hydrogen-bond acceptors (Lipinski definition) is 2. The fourth-order valence-electron chi connectivity index (χ4n) is 1.29. The van der Waals surface area contributed by atoms with Gasteiger partial charge in [0, 0.05) is 6.42 Å². The van der Waals surface area contributed by atoms with E-state index < -0.39 is 0 Å². The number of carbonyl (C=O) groups is 1. The maximum Gasteiger partial charge on any atom is 0.155 e. The van der Waals surface area contributed by atoms with Crippen LogP contribution >= 0.6 is 11.8 Å². The van der Waals surface area contributed by atoms with Gasteiger partial charge in [0.15, 0.2) is 5.78 Å². The van der Waals surface area contributed by atoms with Crippen molar-refractivity contribution in [2.24, 2.45) is 0 Å². The van der Waals surface area contributed by atoms with Crippen LogP contribution in [0, 0.1) is 0 Å². The second-order valence-electron chi connectivity index (χ2n) is 2.87. The largest absolute Gasteiger partial charge is 0.295 e. The standard InChI is InChI=1S/C9H14OS/c1-11-6-5-8-3-2-4-9(10)7-8/h7H,2-6H2,1H3. The van der Waals surface area contributed by atoms with Crippen LogP contribution < -0.4 is 0 Å². The van der Waals surface area contributed by atoms with Gasteiger partial charge in [-0.25, -0.2) is 0 Å². The average Bonchev–Trinajstić information content (AvgIpc) is 2.01. The van der Waals surface area contributed by atoms with Crippen LogP contribution in [-0.2, 0) is 4.79 Å². The Morgan fingerprint density at radius 3 is 3.00 bits per heavy atom. The number of ketones is 1. The predicted molar refractivity (Wildman–Crippen MR) is 49.9 cm³/mol. The summed E-state index contributed by atoms with van der Waals surface area (Å²) in [5.41, 5.74) is 1.36. The highest BCUT2D eigenvalue weighted by atomic mass is 32.2. The summed E-state index contributed by atoms with van der Waals surface area (Å²) in [4.78, 5) is 11.0. The lowest BCUT2D eigenvalue weighted by atomic mass is 9.97. The van der Waals surface area contributed by atoms with Crippen LogP contribution in [0.15, 0.2) is 11.6 Å². The van der Waals surface area contributed by atoms with Gasteiger partial charge in [0.2, 0.25) is 0 Å². The molecule has 1 rings (SSSR count). The minimum absolute atomic E-state index is 0.326. The van der Waals surface area contributed by atoms with E-state index in [9.17, 15) is 4.79 Å². The Kier molecular flexibility index (Phi) is 3.70. The Bertz CT molecular complexity index is 172. The van der Waals surface area contributed by atoms with Crippen molar-refractivity contribution in [2.75, 3.05) is 12.0 Å². The Hall–Kier alpha value is -0.240. The van der Waals surface area contributed by atoms with Crippen molar-refractivity contribution < 1.29 is 4.79 Å². The van der Waals surface area contributed by atoms with E-state index in [0.29, 0.717) is 5.78 Å². The number of thioether (sulfide) groups is 1. The molecule has 0 fully saturated rings. The Morgan fingerprint density at radius 2 is 2.36 bits per heavy atom. The first kappa shape index (κ1) is 8.85. The van der Waals surface area contributed by atoms with Crippen LogP contribution in [0.4, 0.5) is 0 Å². The Balaban J connectivity index is 2.37. The van der Waals surface area contributed by atoms with Gasteiger partial charge in [-0.2, -0.15) is 11.8 Å². The Labute approximate surface area is 72.2 Å². The molecular weight excluding hydrogens is 156 g/mol. The van der Waals surface area contributed by atoms with Crippen LogP contribution in [0.3, 0.4) is 0 Å². The fraction of sp³-hybridized carbons (Fsp3) is 0.667. The summed E-state index contributed by atoms with van der Waals surface area (Å²) in [6.07, 6.45) is 8.03. The van der Waals surface area contributed by atoms with E-state index in [-0.39, 0.29) is 0 Å². The van der Waals surface area contributed by atoms with E-state index in [0.717, 1.165) is 31.4 Å². The highest BCUT2D eigenvalue weighted by molar-refractivity contribution is 7.98. The maximum absolute atomic E-state index is 11.0. The van der Waals surface area contributed by atoms with Crippen LogP contribution in [0.25, 0.3) is 0 Å². The smallest absolute Gasteiger partial charge is 0.155 e. The average molecular weight is 170 g/mol. The van der Waals surface area contributed by atoms with Gasteiger partial charge in [-0.1, -0.05) is 5.57 Å². The first-order valence-electron chi connectivity index (χ1n) is 4.04. The molecule has 0 aliphatic heterocycles. The molecule has 11 heavy (non-hydrogen) atoms. The lowest BCUT2D eigenvalue weighted by Gasteiger charge is -2.10. The highest BCUT2D eigenvalue weighted by Crippen LogP contribution is 2.19. The molecule has 0 aromatic carbocycles. The Morgan fingerprint density at radius 1 is 1.55 bits per heavy atom. The molecular formula is C9H14OS. The zero-order valence-corrected chi connectivity index (χ0v) is 7.75. The van der Waals surface area contributed by atoms with Crippen molar-refractivity contribution >= 4 is 17.5 Å². The molecule has 0 spiro atoms. The number of allylic oxidation sites excluding steroid dienone is 2. The van der Waals surface area contributed by atoms with Crippen molar-refractivity contribution in [1.29, 1.82) is 0 Å². The molecule has 0 aromatic rings. The molecule has 1 nitrogen and oxygen atoms in total. The van der Waals surface area contributed by atoms with Gasteiger partial charge < -0.3 is 0 Å². The molecule has 0 heterocycles. The summed E-state index contributed by atoms with van der Waals surface area (Å²) < 4.78 is 0. The van der Waals surface area contributed by atoms with Gasteiger partial charge in [0.25, 0.3) is 0 Å². The molecule has 0 saturated heterocycles. The van der Waals surface area contributed by atoms with E-state index in [1.54, 1.807) is 0 Å². The van der Waals surface area contributed by atoms with Gasteiger partial charge in [-0.15, -0.1) is 0 Å². The molecule has 1 aliphatic rings. The maximum atomic E-state index is 11.0. The second kappa shape index (κ2) is 4.60. The fourth-order valence-corrected chi connectivity index (χ4v) is 1.76. The lowest BCUT2D eigenvalue weighted by Crippen LogP contribution is -2.03. The SMILES string of the molecule is CSCCC1=CC(=O)CCC1. The van der Waals surface area contributed by atoms with Crippen molar-refractivity contribution in [3.05, 3.63) is 11.6 Å². The molecule has 62 valence electrons. The summed E-state index contributed by atoms with van der Waals surface area (Å²) in [6, 6.07) is 0. The first-order chi connectivity index (χ1) is 5.33. The lowest BCUT2D eigenvalue weighted by molar-refractivity contribution is -0.115. The van der Waals surface area contributed by atoms with Gasteiger partial charge in [0.05, 0.1) is 0 Å². The number of hydrogen-bond donors (Lipinski definition) is 0. The summed E-state index contributed by atoms with van der Waals surface area (Å²) in [7, 11) is 0. The second-order valence-corrected chi connectivity index (χ2v) is 3.85. The number of rotatable bonds is 3. The summed E-state index contributed by atoms with van der Waals surface area (Å²) in [5.74, 6) is 1.48. The van der Waals surface area contributed by atoms with E-state index >= 15 is 0 Å². The molecule has 0 atom stereocenters. The molecule has 0 unspecified atom stereocenters. The van der Waals surface area contributed by atoms with Gasteiger partial charge in [-0.05, 0) is 37.3 Å². The van der Waals surface area contributed by atoms with Crippen LogP contribution in [0.1, 0.15) is 25.7 Å². The van der Waals surface area contributed by atoms with Crippen LogP contribution in [-0.4, -0.2) is 17.8 Å². The van der Waals surface area contributed by atoms with Gasteiger partial charge in [-0.3, -0.25) is 4.79 Å². The zero-order chi connectivity index (χ0) is 8.10. The monoisotopic (exact) mass is 170 g/mol. The van der Waals surface area contributed by atoms with Gasteiger partial charge >= 0.3 is 0 Å². The third-order valence-electron chi connectivity index (χ3n) is 1.91. The van der Waals surface area contributed by atoms with Crippen molar-refractivity contribution in [1.82, 2.24) is 0 Å². The molecule has 0 amide bonds. The third kappa shape index (κ3) is 3.10. The quantitative estimate of drug-likeness (QED) is 0.647. The highest BCUT2D eigenvalue weighted by Gasteiger charge is 2.08. The molecule has 0 saturated carbocycles. The zero-order valence-electron chi connectivity index (χ0n) is 6.93. The van der Waals surface area contributed by atoms with Crippen LogP contribution in [0.2, 0.25) is 0 Å².